The van der Waals surface area contributed by atoms with Gasteiger partial charge in [0.05, 0.1) is 0 Å². The predicted octanol–water partition coefficient (Wildman–Crippen LogP) is 8.33. The molecular weight excluding hydrogens is 617 g/mol. The minimum atomic E-state index is -5.31. The fraction of sp³-hybridized carbons (Fsp3) is 0.0588. The van der Waals surface area contributed by atoms with Crippen molar-refractivity contribution in [3.8, 4) is 11.1 Å². The Labute approximate surface area is 260 Å². The summed E-state index contributed by atoms with van der Waals surface area (Å²) in [7, 11) is -9.86. The second-order valence-corrected chi connectivity index (χ2v) is 14.2. The Balaban J connectivity index is 1.79. The lowest BCUT2D eigenvalue weighted by Crippen LogP contribution is -2.31. The van der Waals surface area contributed by atoms with E-state index in [0.717, 1.165) is 5.56 Å². The van der Waals surface area contributed by atoms with Gasteiger partial charge in [-0.15, -0.1) is 0 Å². The fourth-order valence-electron chi connectivity index (χ4n) is 5.57. The number of sulfonamides is 1. The molecule has 6 aromatic rings. The van der Waals surface area contributed by atoms with E-state index >= 15 is 0 Å². The second-order valence-electron chi connectivity index (χ2n) is 10.4. The number of anilines is 1. The summed E-state index contributed by atoms with van der Waals surface area (Å²) in [6.07, 6.45) is 0. The summed E-state index contributed by atoms with van der Waals surface area (Å²) in [5.41, 5.74) is 2.81. The zero-order valence-electron chi connectivity index (χ0n) is 23.4. The minimum absolute atomic E-state index is 0.140. The van der Waals surface area contributed by atoms with Crippen LogP contribution in [0.25, 0.3) is 22.1 Å². The zero-order valence-corrected chi connectivity index (χ0v) is 25.9. The molecule has 0 saturated heterocycles. The molecule has 0 fully saturated rings. The molecule has 0 bridgehead atoms. The van der Waals surface area contributed by atoms with E-state index in [0.29, 0.717) is 16.1 Å². The minimum Gasteiger partial charge on any atom is -0.458 e. The third-order valence-electron chi connectivity index (χ3n) is 7.55. The van der Waals surface area contributed by atoms with Crippen molar-refractivity contribution in [1.29, 1.82) is 0 Å². The molecule has 0 radical (unpaired) electrons. The molecule has 44 heavy (non-hydrogen) atoms. The van der Waals surface area contributed by atoms with Gasteiger partial charge < -0.3 is 14.2 Å². The smallest absolute Gasteiger partial charge is 0.348 e. The van der Waals surface area contributed by atoms with Crippen molar-refractivity contribution in [3.05, 3.63) is 155 Å². The van der Waals surface area contributed by atoms with Gasteiger partial charge in [0.25, 0.3) is 10.0 Å². The molecule has 3 N–H and O–H groups in total. The van der Waals surface area contributed by atoms with Crippen LogP contribution in [0.15, 0.2) is 137 Å². The van der Waals surface area contributed by atoms with Crippen molar-refractivity contribution < 1.29 is 27.2 Å². The Bertz CT molecular complexity index is 2070. The highest BCUT2D eigenvalue weighted by Gasteiger charge is 2.57. The first-order chi connectivity index (χ1) is 21.0. The molecule has 222 valence electrons. The summed E-state index contributed by atoms with van der Waals surface area (Å²) >= 11 is 6.16. The van der Waals surface area contributed by atoms with Gasteiger partial charge in [-0.1, -0.05) is 114 Å². The average molecular weight is 644 g/mol. The molecule has 1 aromatic heterocycles. The molecule has 0 aliphatic rings. The first-order valence-corrected chi connectivity index (χ1v) is 17.1. The van der Waals surface area contributed by atoms with Crippen LogP contribution in [0.1, 0.15) is 22.5 Å². The third-order valence-corrected chi connectivity index (χ3v) is 10.8. The molecule has 0 aliphatic carbocycles. The van der Waals surface area contributed by atoms with Crippen LogP contribution in [0.3, 0.4) is 0 Å². The van der Waals surface area contributed by atoms with E-state index in [2.05, 4.69) is 4.72 Å². The topological polar surface area (TPSA) is 117 Å². The Hall–Kier alpha value is -4.17. The molecule has 6 rings (SSSR count). The van der Waals surface area contributed by atoms with Crippen molar-refractivity contribution in [3.63, 3.8) is 0 Å². The van der Waals surface area contributed by atoms with E-state index in [-0.39, 0.29) is 32.7 Å². The fourth-order valence-corrected chi connectivity index (χ4v) is 8.63. The molecule has 7 nitrogen and oxygen atoms in total. The number of furan rings is 1. The monoisotopic (exact) mass is 643 g/mol. The standard InChI is InChI=1S/C34H27ClNO6PS/c1-23-15-21-28(22-16-23)36-44(40,41)32-31-29(24-17-19-27(35)20-18-24)13-8-14-30(31)42-33(32)34(43(37,38)39,25-9-4-2-5-10-25)26-11-6-3-7-12-26/h2-22,36H,1H3,(H2,37,38,39). The van der Waals surface area contributed by atoms with Crippen molar-refractivity contribution in [2.75, 3.05) is 4.72 Å². The number of fused-ring (bicyclic) bond motifs is 1. The predicted molar refractivity (Wildman–Crippen MR) is 173 cm³/mol. The van der Waals surface area contributed by atoms with Gasteiger partial charge in [0, 0.05) is 16.1 Å². The van der Waals surface area contributed by atoms with Crippen LogP contribution in [-0.2, 0) is 19.7 Å². The van der Waals surface area contributed by atoms with Gasteiger partial charge in [-0.3, -0.25) is 9.29 Å². The number of benzene rings is 5. The maximum Gasteiger partial charge on any atom is 0.348 e. The van der Waals surface area contributed by atoms with Gasteiger partial charge in [0.2, 0.25) is 0 Å². The van der Waals surface area contributed by atoms with Gasteiger partial charge >= 0.3 is 7.60 Å². The van der Waals surface area contributed by atoms with Crippen molar-refractivity contribution in [1.82, 2.24) is 0 Å². The van der Waals surface area contributed by atoms with Crippen LogP contribution in [-0.4, -0.2) is 18.2 Å². The number of hydrogen-bond acceptors (Lipinski definition) is 4. The van der Waals surface area contributed by atoms with E-state index in [4.69, 9.17) is 16.0 Å². The summed E-state index contributed by atoms with van der Waals surface area (Å²) in [6, 6.07) is 34.9. The lowest BCUT2D eigenvalue weighted by atomic mass is 9.87. The van der Waals surface area contributed by atoms with E-state index in [1.54, 1.807) is 127 Å². The van der Waals surface area contributed by atoms with Crippen LogP contribution in [0.4, 0.5) is 5.69 Å². The highest BCUT2D eigenvalue weighted by Crippen LogP contribution is 2.66. The Morgan fingerprint density at radius 3 is 1.86 bits per heavy atom. The first kappa shape index (κ1) is 29.9. The van der Waals surface area contributed by atoms with Gasteiger partial charge in [-0.2, -0.15) is 0 Å². The summed E-state index contributed by atoms with van der Waals surface area (Å²) in [4.78, 5) is 22.3. The number of halogens is 1. The Morgan fingerprint density at radius 1 is 0.750 bits per heavy atom. The van der Waals surface area contributed by atoms with Gasteiger partial charge in [0.15, 0.2) is 10.9 Å². The maximum atomic E-state index is 14.6. The summed E-state index contributed by atoms with van der Waals surface area (Å²) in [5.74, 6) is -0.403. The number of hydrogen-bond donors (Lipinski definition) is 3. The second kappa shape index (κ2) is 11.4. The molecule has 0 spiro atoms. The average Bonchev–Trinajstić information content (AvgIpc) is 3.40. The van der Waals surface area contributed by atoms with E-state index < -0.39 is 28.5 Å². The van der Waals surface area contributed by atoms with Crippen molar-refractivity contribution >= 4 is 45.9 Å². The van der Waals surface area contributed by atoms with Gasteiger partial charge in [-0.05, 0) is 59.5 Å². The molecule has 0 aliphatic heterocycles. The molecule has 0 unspecified atom stereocenters. The molecule has 10 heteroatoms. The molecule has 0 atom stereocenters. The van der Waals surface area contributed by atoms with E-state index in [1.807, 2.05) is 6.92 Å². The number of rotatable bonds is 8. The lowest BCUT2D eigenvalue weighted by molar-refractivity contribution is 0.335. The number of aryl methyl sites for hydroxylation is 1. The van der Waals surface area contributed by atoms with Crippen LogP contribution in [0.5, 0.6) is 0 Å². The normalized spacial score (nSPS) is 12.4. The summed E-state index contributed by atoms with van der Waals surface area (Å²) < 4.78 is 52.3. The van der Waals surface area contributed by atoms with Crippen LogP contribution in [0.2, 0.25) is 5.02 Å². The summed E-state index contributed by atoms with van der Waals surface area (Å²) in [5, 5.41) is -1.66. The molecule has 5 aromatic carbocycles. The van der Waals surface area contributed by atoms with Crippen LogP contribution in [0, 0.1) is 6.92 Å². The highest BCUT2D eigenvalue weighted by atomic mass is 35.5. The SMILES string of the molecule is Cc1ccc(NS(=O)(=O)c2c(C(c3ccccc3)(c3ccccc3)P(=O)(O)O)oc3cccc(-c4ccc(Cl)cc4)c23)cc1. The molecule has 0 amide bonds. The quantitative estimate of drug-likeness (QED) is 0.144. The largest absolute Gasteiger partial charge is 0.458 e. The highest BCUT2D eigenvalue weighted by molar-refractivity contribution is 7.93. The van der Waals surface area contributed by atoms with Crippen LogP contribution >= 0.6 is 19.2 Å². The molecule has 0 saturated carbocycles. The summed E-state index contributed by atoms with van der Waals surface area (Å²) in [6.45, 7) is 1.88. The Morgan fingerprint density at radius 2 is 1.32 bits per heavy atom. The third kappa shape index (κ3) is 5.15. The first-order valence-electron chi connectivity index (χ1n) is 13.6. The lowest BCUT2D eigenvalue weighted by Gasteiger charge is -2.34. The van der Waals surface area contributed by atoms with Crippen LogP contribution < -0.4 is 4.72 Å². The van der Waals surface area contributed by atoms with E-state index in [9.17, 15) is 22.8 Å². The van der Waals surface area contributed by atoms with E-state index in [1.165, 1.54) is 0 Å². The number of nitrogens with one attached hydrogen (secondary N) is 1. The zero-order chi connectivity index (χ0) is 31.1. The van der Waals surface area contributed by atoms with Gasteiger partial charge in [-0.25, -0.2) is 8.42 Å². The maximum absolute atomic E-state index is 14.6. The molecule has 1 heterocycles. The van der Waals surface area contributed by atoms with Crippen molar-refractivity contribution in [2.45, 2.75) is 17.0 Å². The van der Waals surface area contributed by atoms with Crippen molar-refractivity contribution in [2.24, 2.45) is 0 Å². The molecular formula is C34H27ClNO6PS. The Kier molecular flexibility index (Phi) is 7.74. The van der Waals surface area contributed by atoms with Gasteiger partial charge in [0.1, 0.15) is 10.5 Å².